The number of nitrogens with two attached hydrogens (primary N) is 1. The van der Waals surface area contributed by atoms with E-state index in [-0.39, 0.29) is 11.1 Å². The number of aromatic nitrogens is 1. The molecule has 2 aromatic rings. The third-order valence-electron chi connectivity index (χ3n) is 4.96. The number of rotatable bonds is 5. The number of nitrogens with one attached hydrogen (secondary N) is 1. The number of fused-ring (bicyclic) bond motifs is 1. The molecule has 122 valence electrons. The van der Waals surface area contributed by atoms with Gasteiger partial charge in [-0.05, 0) is 43.6 Å². The monoisotopic (exact) mass is 318 g/mol. The van der Waals surface area contributed by atoms with E-state index in [2.05, 4.69) is 70.2 Å². The van der Waals surface area contributed by atoms with Gasteiger partial charge in [0.25, 0.3) is 0 Å². The maximum Gasteiger partial charge on any atom is 0.192 e. The number of hydrogen-bond donors (Lipinski definition) is 2. The van der Waals surface area contributed by atoms with Crippen LogP contribution in [0.5, 0.6) is 0 Å². The van der Waals surface area contributed by atoms with Crippen LogP contribution in [0.3, 0.4) is 0 Å². The molecule has 22 heavy (non-hydrogen) atoms. The number of aromatic amines is 1. The molecule has 1 unspecified atom stereocenters. The summed E-state index contributed by atoms with van der Waals surface area (Å²) in [5.74, 6) is 0. The standard InChI is InChI=1S/C18H30N2OSi/c1-13(21-22(5,6)18(2,3)4)15-8-7-9-16-14(10-11-19)12-20-17(15)16/h7-9,12-13,20H,10-11,19H2,1-6H3. The van der Waals surface area contributed by atoms with Gasteiger partial charge in [-0.25, -0.2) is 0 Å². The highest BCUT2D eigenvalue weighted by Gasteiger charge is 2.38. The quantitative estimate of drug-likeness (QED) is 0.781. The zero-order chi connectivity index (χ0) is 16.5. The Kier molecular flexibility index (Phi) is 4.85. The summed E-state index contributed by atoms with van der Waals surface area (Å²) >= 11 is 0. The summed E-state index contributed by atoms with van der Waals surface area (Å²) in [6.07, 6.45) is 3.08. The van der Waals surface area contributed by atoms with Gasteiger partial charge in [0.1, 0.15) is 0 Å². The highest BCUT2D eigenvalue weighted by molar-refractivity contribution is 6.74. The van der Waals surface area contributed by atoms with Crippen molar-refractivity contribution in [1.82, 2.24) is 4.98 Å². The van der Waals surface area contributed by atoms with E-state index >= 15 is 0 Å². The molecule has 1 aromatic carbocycles. The SMILES string of the molecule is CC(O[Si](C)(C)C(C)(C)C)c1cccc2c(CCN)c[nH]c12. The first-order valence-electron chi connectivity index (χ1n) is 8.14. The van der Waals surface area contributed by atoms with Crippen LogP contribution in [0.15, 0.2) is 24.4 Å². The zero-order valence-electron chi connectivity index (χ0n) is 14.8. The minimum Gasteiger partial charge on any atom is -0.410 e. The van der Waals surface area contributed by atoms with Crippen molar-refractivity contribution in [1.29, 1.82) is 0 Å². The molecule has 0 saturated heterocycles. The summed E-state index contributed by atoms with van der Waals surface area (Å²) in [6, 6.07) is 6.46. The first-order chi connectivity index (χ1) is 10.2. The number of benzene rings is 1. The van der Waals surface area contributed by atoms with Gasteiger partial charge in [0, 0.05) is 17.1 Å². The van der Waals surface area contributed by atoms with Gasteiger partial charge in [0.15, 0.2) is 8.32 Å². The molecule has 0 amide bonds. The zero-order valence-corrected chi connectivity index (χ0v) is 15.8. The molecular weight excluding hydrogens is 288 g/mol. The molecule has 3 nitrogen and oxygen atoms in total. The van der Waals surface area contributed by atoms with E-state index in [0.29, 0.717) is 6.54 Å². The van der Waals surface area contributed by atoms with Crippen LogP contribution in [0.1, 0.15) is 44.9 Å². The highest BCUT2D eigenvalue weighted by atomic mass is 28.4. The molecule has 0 fully saturated rings. The fraction of sp³-hybridized carbons (Fsp3) is 0.556. The summed E-state index contributed by atoms with van der Waals surface area (Å²) in [4.78, 5) is 3.43. The largest absolute Gasteiger partial charge is 0.410 e. The van der Waals surface area contributed by atoms with Crippen molar-refractivity contribution in [3.05, 3.63) is 35.5 Å². The Morgan fingerprint density at radius 2 is 1.95 bits per heavy atom. The normalized spacial score (nSPS) is 14.5. The summed E-state index contributed by atoms with van der Waals surface area (Å²) in [6.45, 7) is 14.3. The van der Waals surface area contributed by atoms with E-state index in [9.17, 15) is 0 Å². The molecule has 0 saturated carbocycles. The van der Waals surface area contributed by atoms with Gasteiger partial charge in [-0.15, -0.1) is 0 Å². The third kappa shape index (κ3) is 3.29. The van der Waals surface area contributed by atoms with Crippen LogP contribution in [0.4, 0.5) is 0 Å². The summed E-state index contributed by atoms with van der Waals surface area (Å²) in [5, 5.41) is 1.49. The van der Waals surface area contributed by atoms with E-state index < -0.39 is 8.32 Å². The Morgan fingerprint density at radius 3 is 2.55 bits per heavy atom. The number of para-hydroxylation sites is 1. The van der Waals surface area contributed by atoms with Gasteiger partial charge >= 0.3 is 0 Å². The molecule has 0 aliphatic rings. The Bertz CT molecular complexity index is 640. The van der Waals surface area contributed by atoms with Crippen molar-refractivity contribution < 1.29 is 4.43 Å². The van der Waals surface area contributed by atoms with Gasteiger partial charge < -0.3 is 15.1 Å². The predicted molar refractivity (Wildman–Crippen MR) is 97.8 cm³/mol. The van der Waals surface area contributed by atoms with Crippen molar-refractivity contribution in [2.24, 2.45) is 5.73 Å². The molecule has 1 heterocycles. The second-order valence-electron chi connectivity index (χ2n) is 7.64. The molecule has 0 bridgehead atoms. The first kappa shape index (κ1) is 17.3. The second kappa shape index (κ2) is 6.18. The molecule has 0 spiro atoms. The van der Waals surface area contributed by atoms with Crippen molar-refractivity contribution in [3.63, 3.8) is 0 Å². The highest BCUT2D eigenvalue weighted by Crippen LogP contribution is 2.40. The molecule has 0 aliphatic carbocycles. The van der Waals surface area contributed by atoms with Crippen molar-refractivity contribution in [2.75, 3.05) is 6.54 Å². The second-order valence-corrected chi connectivity index (χ2v) is 12.4. The van der Waals surface area contributed by atoms with Crippen LogP contribution in [0, 0.1) is 0 Å². The van der Waals surface area contributed by atoms with Gasteiger partial charge in [0.2, 0.25) is 0 Å². The van der Waals surface area contributed by atoms with Gasteiger partial charge in [-0.1, -0.05) is 39.0 Å². The fourth-order valence-electron chi connectivity index (χ4n) is 2.62. The van der Waals surface area contributed by atoms with Crippen LogP contribution >= 0.6 is 0 Å². The lowest BCUT2D eigenvalue weighted by atomic mass is 10.0. The van der Waals surface area contributed by atoms with E-state index in [1.165, 1.54) is 22.0 Å². The van der Waals surface area contributed by atoms with E-state index in [1.807, 2.05) is 0 Å². The molecule has 0 radical (unpaired) electrons. The van der Waals surface area contributed by atoms with Crippen LogP contribution in [-0.4, -0.2) is 19.8 Å². The average molecular weight is 319 g/mol. The van der Waals surface area contributed by atoms with Gasteiger partial charge in [-0.2, -0.15) is 0 Å². The average Bonchev–Trinajstić information content (AvgIpc) is 2.80. The summed E-state index contributed by atoms with van der Waals surface area (Å²) in [5.41, 5.74) is 9.43. The molecule has 1 atom stereocenters. The van der Waals surface area contributed by atoms with Crippen LogP contribution in [0.25, 0.3) is 10.9 Å². The third-order valence-corrected chi connectivity index (χ3v) is 9.52. The molecule has 2 rings (SSSR count). The number of hydrogen-bond acceptors (Lipinski definition) is 2. The maximum absolute atomic E-state index is 6.56. The molecular formula is C18H30N2OSi. The summed E-state index contributed by atoms with van der Waals surface area (Å²) < 4.78 is 6.56. The van der Waals surface area contributed by atoms with Crippen LogP contribution in [-0.2, 0) is 10.8 Å². The van der Waals surface area contributed by atoms with Crippen molar-refractivity contribution in [3.8, 4) is 0 Å². The number of H-pyrrole nitrogens is 1. The Balaban J connectivity index is 2.35. The van der Waals surface area contributed by atoms with Crippen LogP contribution in [0.2, 0.25) is 18.1 Å². The molecule has 0 aliphatic heterocycles. The minimum absolute atomic E-state index is 0.0916. The Labute approximate surface area is 135 Å². The summed E-state index contributed by atoms with van der Waals surface area (Å²) in [7, 11) is -1.78. The smallest absolute Gasteiger partial charge is 0.192 e. The molecule has 4 heteroatoms. The van der Waals surface area contributed by atoms with E-state index in [1.54, 1.807) is 0 Å². The minimum atomic E-state index is -1.78. The van der Waals surface area contributed by atoms with Crippen molar-refractivity contribution in [2.45, 2.75) is 58.4 Å². The maximum atomic E-state index is 6.56. The fourth-order valence-corrected chi connectivity index (χ4v) is 3.98. The van der Waals surface area contributed by atoms with Crippen LogP contribution < -0.4 is 5.73 Å². The Hall–Kier alpha value is -1.10. The van der Waals surface area contributed by atoms with Gasteiger partial charge in [-0.3, -0.25) is 0 Å². The van der Waals surface area contributed by atoms with E-state index in [4.69, 9.17) is 10.2 Å². The predicted octanol–water partition coefficient (Wildman–Crippen LogP) is 4.75. The van der Waals surface area contributed by atoms with E-state index in [0.717, 1.165) is 6.42 Å². The first-order valence-corrected chi connectivity index (χ1v) is 11.0. The topological polar surface area (TPSA) is 51.0 Å². The Morgan fingerprint density at radius 1 is 1.27 bits per heavy atom. The van der Waals surface area contributed by atoms with Gasteiger partial charge in [0.05, 0.1) is 11.6 Å². The lowest BCUT2D eigenvalue weighted by Gasteiger charge is -2.38. The van der Waals surface area contributed by atoms with Crippen molar-refractivity contribution >= 4 is 19.2 Å². The lowest BCUT2D eigenvalue weighted by molar-refractivity contribution is 0.204. The molecule has 1 aromatic heterocycles. The molecule has 3 N–H and O–H groups in total. The lowest BCUT2D eigenvalue weighted by Crippen LogP contribution is -2.41.